The number of carbonyl (C=O) groups excluding carboxylic acids is 1. The highest BCUT2D eigenvalue weighted by atomic mass is 16.4. The highest BCUT2D eigenvalue weighted by Gasteiger charge is 2.22. The summed E-state index contributed by atoms with van der Waals surface area (Å²) in [7, 11) is 0. The number of carbonyl (C=O) groups is 2. The molecule has 4 heteroatoms. The van der Waals surface area contributed by atoms with Crippen molar-refractivity contribution in [2.75, 3.05) is 13.1 Å². The Morgan fingerprint density at radius 2 is 1.50 bits per heavy atom. The lowest BCUT2D eigenvalue weighted by molar-refractivity contribution is -0.145. The van der Waals surface area contributed by atoms with Crippen molar-refractivity contribution < 1.29 is 14.7 Å². The summed E-state index contributed by atoms with van der Waals surface area (Å²) in [6.07, 6.45) is 14.5. The number of allylic oxidation sites excluding steroid dienone is 2. The van der Waals surface area contributed by atoms with Crippen molar-refractivity contribution in [3.63, 3.8) is 0 Å². The summed E-state index contributed by atoms with van der Waals surface area (Å²) in [5.41, 5.74) is 0. The Balaban J connectivity index is 3.96. The van der Waals surface area contributed by atoms with Crippen LogP contribution in [0.15, 0.2) is 12.2 Å². The van der Waals surface area contributed by atoms with Gasteiger partial charge in [0.15, 0.2) is 0 Å². The van der Waals surface area contributed by atoms with Crippen LogP contribution in [0.25, 0.3) is 0 Å². The summed E-state index contributed by atoms with van der Waals surface area (Å²) in [4.78, 5) is 25.1. The lowest BCUT2D eigenvalue weighted by Crippen LogP contribution is -2.33. The zero-order chi connectivity index (χ0) is 18.2. The van der Waals surface area contributed by atoms with Gasteiger partial charge in [-0.05, 0) is 33.1 Å². The zero-order valence-electron chi connectivity index (χ0n) is 15.9. The van der Waals surface area contributed by atoms with Gasteiger partial charge in [-0.15, -0.1) is 0 Å². The molecule has 1 amide bonds. The van der Waals surface area contributed by atoms with Gasteiger partial charge in [0, 0.05) is 19.5 Å². The minimum atomic E-state index is -0.879. The Morgan fingerprint density at radius 1 is 0.917 bits per heavy atom. The predicted molar refractivity (Wildman–Crippen MR) is 100 cm³/mol. The van der Waals surface area contributed by atoms with E-state index in [0.717, 1.165) is 6.42 Å². The molecule has 0 fully saturated rings. The highest BCUT2D eigenvalue weighted by molar-refractivity contribution is 5.82. The number of unbranched alkanes of at least 4 members (excludes halogenated alkanes) is 7. The Morgan fingerprint density at radius 3 is 2.04 bits per heavy atom. The summed E-state index contributed by atoms with van der Waals surface area (Å²) in [6, 6.07) is 0. The maximum absolute atomic E-state index is 12.0. The third-order valence-corrected chi connectivity index (χ3v) is 4.45. The molecule has 0 radical (unpaired) electrons. The molecule has 0 aromatic heterocycles. The van der Waals surface area contributed by atoms with Crippen molar-refractivity contribution >= 4 is 11.9 Å². The van der Waals surface area contributed by atoms with Crippen LogP contribution in [0.1, 0.15) is 85.0 Å². The number of nitrogens with zero attached hydrogens (tertiary/aromatic N) is 1. The van der Waals surface area contributed by atoms with Gasteiger partial charge < -0.3 is 10.0 Å². The van der Waals surface area contributed by atoms with Crippen LogP contribution in [0, 0.1) is 5.92 Å². The maximum Gasteiger partial charge on any atom is 0.307 e. The smallest absolute Gasteiger partial charge is 0.307 e. The van der Waals surface area contributed by atoms with Gasteiger partial charge in [0.1, 0.15) is 0 Å². The van der Waals surface area contributed by atoms with E-state index in [1.165, 1.54) is 44.9 Å². The number of rotatable bonds is 15. The van der Waals surface area contributed by atoms with Crippen LogP contribution in [0.4, 0.5) is 0 Å². The van der Waals surface area contributed by atoms with Crippen molar-refractivity contribution in [3.05, 3.63) is 12.2 Å². The van der Waals surface area contributed by atoms with E-state index < -0.39 is 11.9 Å². The van der Waals surface area contributed by atoms with Gasteiger partial charge >= 0.3 is 5.97 Å². The largest absolute Gasteiger partial charge is 0.481 e. The van der Waals surface area contributed by atoms with E-state index in [1.54, 1.807) is 4.90 Å². The average molecular weight is 340 g/mol. The summed E-state index contributed by atoms with van der Waals surface area (Å²) in [6.45, 7) is 7.33. The predicted octanol–water partition coefficient (Wildman–Crippen LogP) is 5.03. The molecule has 0 aromatic rings. The molecule has 24 heavy (non-hydrogen) atoms. The first-order chi connectivity index (χ1) is 11.6. The fraction of sp³-hybridized carbons (Fsp3) is 0.800. The van der Waals surface area contributed by atoms with E-state index in [0.29, 0.717) is 19.5 Å². The van der Waals surface area contributed by atoms with Gasteiger partial charge in [0.25, 0.3) is 0 Å². The Bertz CT molecular complexity index is 362. The van der Waals surface area contributed by atoms with E-state index in [1.807, 2.05) is 19.9 Å². The van der Waals surface area contributed by atoms with E-state index >= 15 is 0 Å². The van der Waals surface area contributed by atoms with Crippen molar-refractivity contribution in [3.8, 4) is 0 Å². The first-order valence-electron chi connectivity index (χ1n) is 9.72. The summed E-state index contributed by atoms with van der Waals surface area (Å²) in [5.74, 6) is -1.55. The molecule has 0 rings (SSSR count). The number of aliphatic carboxylic acids is 1. The highest BCUT2D eigenvalue weighted by Crippen LogP contribution is 2.14. The summed E-state index contributed by atoms with van der Waals surface area (Å²) < 4.78 is 0. The van der Waals surface area contributed by atoms with Crippen LogP contribution in [0.5, 0.6) is 0 Å². The molecule has 0 aliphatic rings. The van der Waals surface area contributed by atoms with E-state index in [4.69, 9.17) is 0 Å². The average Bonchev–Trinajstić information content (AvgIpc) is 2.56. The van der Waals surface area contributed by atoms with E-state index in [2.05, 4.69) is 13.0 Å². The lowest BCUT2D eigenvalue weighted by atomic mass is 10.00. The van der Waals surface area contributed by atoms with Gasteiger partial charge in [-0.1, -0.05) is 57.6 Å². The standard InChI is InChI=1S/C20H37NO3/c1-4-7-8-9-10-11-12-13-14-15-16-18(20(23)24)17-19(22)21(5-2)6-3/h14-15,18H,4-13,16-17H2,1-3H3,(H,23,24). The van der Waals surface area contributed by atoms with Crippen LogP contribution in [-0.4, -0.2) is 35.0 Å². The SMILES string of the molecule is CCCCCCCCCC=CCC(CC(=O)N(CC)CC)C(=O)O. The third-order valence-electron chi connectivity index (χ3n) is 4.45. The molecule has 0 saturated heterocycles. The van der Waals surface area contributed by atoms with Gasteiger partial charge in [-0.25, -0.2) is 0 Å². The number of hydrogen-bond donors (Lipinski definition) is 1. The quantitative estimate of drug-likeness (QED) is 0.336. The van der Waals surface area contributed by atoms with E-state index in [-0.39, 0.29) is 12.3 Å². The number of carboxylic acids is 1. The molecular weight excluding hydrogens is 302 g/mol. The molecule has 4 nitrogen and oxygen atoms in total. The fourth-order valence-corrected chi connectivity index (χ4v) is 2.79. The van der Waals surface area contributed by atoms with Gasteiger partial charge in [0.2, 0.25) is 5.91 Å². The lowest BCUT2D eigenvalue weighted by Gasteiger charge is -2.20. The van der Waals surface area contributed by atoms with Crippen LogP contribution in [0.3, 0.4) is 0 Å². The molecule has 1 unspecified atom stereocenters. The first-order valence-corrected chi connectivity index (χ1v) is 9.72. The zero-order valence-corrected chi connectivity index (χ0v) is 15.9. The minimum Gasteiger partial charge on any atom is -0.481 e. The Kier molecular flexibility index (Phi) is 14.4. The van der Waals surface area contributed by atoms with Crippen LogP contribution < -0.4 is 0 Å². The second-order valence-corrected chi connectivity index (χ2v) is 6.42. The molecule has 0 aromatic carbocycles. The summed E-state index contributed by atoms with van der Waals surface area (Å²) >= 11 is 0. The van der Waals surface area contributed by atoms with Crippen LogP contribution >= 0.6 is 0 Å². The maximum atomic E-state index is 12.0. The molecule has 140 valence electrons. The molecule has 0 bridgehead atoms. The van der Waals surface area contributed by atoms with Gasteiger partial charge in [0.05, 0.1) is 5.92 Å². The van der Waals surface area contributed by atoms with Gasteiger partial charge in [-0.3, -0.25) is 9.59 Å². The number of carboxylic acid groups (broad SMARTS) is 1. The normalized spacial score (nSPS) is 12.5. The Labute approximate surface area is 148 Å². The van der Waals surface area contributed by atoms with Crippen molar-refractivity contribution in [2.24, 2.45) is 5.92 Å². The molecule has 0 spiro atoms. The molecule has 0 aliphatic heterocycles. The molecule has 0 heterocycles. The van der Waals surface area contributed by atoms with E-state index in [9.17, 15) is 14.7 Å². The number of amides is 1. The monoisotopic (exact) mass is 339 g/mol. The Hall–Kier alpha value is -1.32. The molecule has 1 atom stereocenters. The molecule has 1 N–H and O–H groups in total. The van der Waals surface area contributed by atoms with Crippen molar-refractivity contribution in [1.29, 1.82) is 0 Å². The summed E-state index contributed by atoms with van der Waals surface area (Å²) in [5, 5.41) is 9.29. The second kappa shape index (κ2) is 15.2. The fourth-order valence-electron chi connectivity index (χ4n) is 2.79. The minimum absolute atomic E-state index is 0.0621. The van der Waals surface area contributed by atoms with Crippen molar-refractivity contribution in [1.82, 2.24) is 4.90 Å². The third kappa shape index (κ3) is 11.3. The molecular formula is C20H37NO3. The number of hydrogen-bond acceptors (Lipinski definition) is 2. The van der Waals surface area contributed by atoms with Crippen molar-refractivity contribution in [2.45, 2.75) is 85.0 Å². The first kappa shape index (κ1) is 22.7. The van der Waals surface area contributed by atoms with Crippen LogP contribution in [0.2, 0.25) is 0 Å². The van der Waals surface area contributed by atoms with Gasteiger partial charge in [-0.2, -0.15) is 0 Å². The molecule has 0 aliphatic carbocycles. The second-order valence-electron chi connectivity index (χ2n) is 6.42. The van der Waals surface area contributed by atoms with Crippen LogP contribution in [-0.2, 0) is 9.59 Å². The topological polar surface area (TPSA) is 57.6 Å². The molecule has 0 saturated carbocycles.